The van der Waals surface area contributed by atoms with Crippen molar-refractivity contribution in [3.05, 3.63) is 52.3 Å². The lowest BCUT2D eigenvalue weighted by Crippen LogP contribution is -2.46. The molecular weight excluding hydrogens is 370 g/mol. The van der Waals surface area contributed by atoms with E-state index in [0.717, 1.165) is 32.4 Å². The third kappa shape index (κ3) is 4.84. The van der Waals surface area contributed by atoms with E-state index >= 15 is 0 Å². The monoisotopic (exact) mass is 393 g/mol. The van der Waals surface area contributed by atoms with Gasteiger partial charge in [0.25, 0.3) is 11.6 Å². The number of nitrogens with one attached hydrogen (secondary N) is 1. The van der Waals surface area contributed by atoms with Crippen LogP contribution >= 0.6 is 12.4 Å². The highest BCUT2D eigenvalue weighted by Crippen LogP contribution is 2.18. The number of nitrogens with zero attached hydrogens (tertiary/aromatic N) is 4. The zero-order valence-electron chi connectivity index (χ0n) is 15.2. The molecule has 146 valence electrons. The lowest BCUT2D eigenvalue weighted by molar-refractivity contribution is -0.384. The Morgan fingerprint density at radius 1 is 1.30 bits per heavy atom. The predicted octanol–water partition coefficient (Wildman–Crippen LogP) is 2.81. The van der Waals surface area contributed by atoms with E-state index in [2.05, 4.69) is 17.3 Å². The van der Waals surface area contributed by atoms with Gasteiger partial charge in [0.05, 0.1) is 10.6 Å². The van der Waals surface area contributed by atoms with E-state index in [-0.39, 0.29) is 30.0 Å². The first kappa shape index (κ1) is 20.9. The lowest BCUT2D eigenvalue weighted by Gasteiger charge is -2.34. The molecule has 0 saturated carbocycles. The fourth-order valence-corrected chi connectivity index (χ4v) is 3.27. The Morgan fingerprint density at radius 2 is 1.96 bits per heavy atom. The number of nitro groups is 1. The molecule has 3 rings (SSSR count). The van der Waals surface area contributed by atoms with Gasteiger partial charge in [-0.3, -0.25) is 14.9 Å². The van der Waals surface area contributed by atoms with Crippen LogP contribution in [0.1, 0.15) is 36.7 Å². The van der Waals surface area contributed by atoms with Crippen molar-refractivity contribution in [2.75, 3.05) is 19.6 Å². The molecule has 8 nitrogen and oxygen atoms in total. The van der Waals surface area contributed by atoms with Gasteiger partial charge in [-0.15, -0.1) is 12.4 Å². The van der Waals surface area contributed by atoms with Gasteiger partial charge in [0, 0.05) is 30.9 Å². The standard InChI is InChI=1S/C18H23N5O3.ClH/c1-2-12-21(14-7-10-19-11-8-14)18(24)17-9-13-22(20-17)15-3-5-16(6-4-15)23(25)26;/h3-6,9,13-14,19H,2,7-8,10-12H2,1H3;1H. The summed E-state index contributed by atoms with van der Waals surface area (Å²) >= 11 is 0. The fraction of sp³-hybridized carbons (Fsp3) is 0.444. The number of halogens is 1. The van der Waals surface area contributed by atoms with Crippen LogP contribution in [0.4, 0.5) is 5.69 Å². The van der Waals surface area contributed by atoms with Crippen molar-refractivity contribution in [2.45, 2.75) is 32.2 Å². The maximum absolute atomic E-state index is 13.0. The number of piperidine rings is 1. The summed E-state index contributed by atoms with van der Waals surface area (Å²) in [5.41, 5.74) is 1.10. The van der Waals surface area contributed by atoms with E-state index < -0.39 is 4.92 Å². The number of carbonyl (C=O) groups is 1. The summed E-state index contributed by atoms with van der Waals surface area (Å²) < 4.78 is 1.57. The summed E-state index contributed by atoms with van der Waals surface area (Å²) in [7, 11) is 0. The average Bonchev–Trinajstić information content (AvgIpc) is 3.16. The Hall–Kier alpha value is -2.45. The van der Waals surface area contributed by atoms with Gasteiger partial charge in [0.2, 0.25) is 0 Å². The summed E-state index contributed by atoms with van der Waals surface area (Å²) in [5.74, 6) is -0.0561. The van der Waals surface area contributed by atoms with Crippen LogP contribution in [0.5, 0.6) is 0 Å². The van der Waals surface area contributed by atoms with Gasteiger partial charge in [-0.25, -0.2) is 4.68 Å². The summed E-state index contributed by atoms with van der Waals surface area (Å²) in [6, 6.07) is 8.04. The first-order valence-electron chi connectivity index (χ1n) is 8.92. The molecular formula is C18H24ClN5O3. The lowest BCUT2D eigenvalue weighted by atomic mass is 10.0. The molecule has 1 saturated heterocycles. The van der Waals surface area contributed by atoms with E-state index in [1.54, 1.807) is 29.1 Å². The maximum atomic E-state index is 13.0. The number of hydrogen-bond acceptors (Lipinski definition) is 5. The number of aromatic nitrogens is 2. The van der Waals surface area contributed by atoms with Crippen LogP contribution in [-0.4, -0.2) is 51.2 Å². The second-order valence-electron chi connectivity index (χ2n) is 6.40. The fourth-order valence-electron chi connectivity index (χ4n) is 3.27. The third-order valence-corrected chi connectivity index (χ3v) is 4.61. The first-order valence-corrected chi connectivity index (χ1v) is 8.92. The Morgan fingerprint density at radius 3 is 2.56 bits per heavy atom. The van der Waals surface area contributed by atoms with E-state index in [1.165, 1.54) is 12.1 Å². The van der Waals surface area contributed by atoms with Gasteiger partial charge >= 0.3 is 0 Å². The van der Waals surface area contributed by atoms with Gasteiger partial charge in [0.15, 0.2) is 5.69 Å². The summed E-state index contributed by atoms with van der Waals surface area (Å²) in [6.45, 7) is 4.63. The molecule has 1 N–H and O–H groups in total. The van der Waals surface area contributed by atoms with Crippen LogP contribution in [0, 0.1) is 10.1 Å². The largest absolute Gasteiger partial charge is 0.334 e. The van der Waals surface area contributed by atoms with Crippen LogP contribution in [0.25, 0.3) is 5.69 Å². The van der Waals surface area contributed by atoms with Crippen LogP contribution < -0.4 is 5.32 Å². The van der Waals surface area contributed by atoms with Crippen molar-refractivity contribution >= 4 is 24.0 Å². The molecule has 0 radical (unpaired) electrons. The molecule has 0 bridgehead atoms. The zero-order valence-corrected chi connectivity index (χ0v) is 16.0. The molecule has 1 aromatic heterocycles. The molecule has 1 aliphatic rings. The number of nitro benzene ring substituents is 1. The minimum absolute atomic E-state index is 0. The SMILES string of the molecule is CCCN(C(=O)c1ccn(-c2ccc([N+](=O)[O-])cc2)n1)C1CCNCC1.Cl. The van der Waals surface area contributed by atoms with Crippen LogP contribution in [0.2, 0.25) is 0 Å². The Balaban J connectivity index is 0.00000261. The first-order chi connectivity index (χ1) is 12.6. The van der Waals surface area contributed by atoms with Crippen molar-refractivity contribution in [1.82, 2.24) is 20.0 Å². The molecule has 1 fully saturated rings. The average molecular weight is 394 g/mol. The molecule has 9 heteroatoms. The zero-order chi connectivity index (χ0) is 18.5. The van der Waals surface area contributed by atoms with Crippen molar-refractivity contribution in [2.24, 2.45) is 0 Å². The number of amides is 1. The third-order valence-electron chi connectivity index (χ3n) is 4.61. The van der Waals surface area contributed by atoms with Crippen molar-refractivity contribution in [3.63, 3.8) is 0 Å². The second kappa shape index (κ2) is 9.48. The van der Waals surface area contributed by atoms with Crippen molar-refractivity contribution < 1.29 is 9.72 Å². The Bertz CT molecular complexity index is 772. The number of carbonyl (C=O) groups excluding carboxylic acids is 1. The van der Waals surface area contributed by atoms with Gasteiger partial charge in [0.1, 0.15) is 0 Å². The number of non-ortho nitro benzene ring substituents is 1. The van der Waals surface area contributed by atoms with Gasteiger partial charge < -0.3 is 10.2 Å². The highest BCUT2D eigenvalue weighted by atomic mass is 35.5. The predicted molar refractivity (Wildman–Crippen MR) is 105 cm³/mol. The molecule has 1 aliphatic heterocycles. The highest BCUT2D eigenvalue weighted by molar-refractivity contribution is 5.92. The second-order valence-corrected chi connectivity index (χ2v) is 6.40. The molecule has 0 unspecified atom stereocenters. The quantitative estimate of drug-likeness (QED) is 0.601. The van der Waals surface area contributed by atoms with Crippen LogP contribution in [0.3, 0.4) is 0 Å². The molecule has 1 amide bonds. The van der Waals surface area contributed by atoms with Crippen LogP contribution in [0.15, 0.2) is 36.5 Å². The molecule has 27 heavy (non-hydrogen) atoms. The van der Waals surface area contributed by atoms with Gasteiger partial charge in [-0.05, 0) is 50.6 Å². The van der Waals surface area contributed by atoms with Gasteiger partial charge in [-0.1, -0.05) is 6.92 Å². The van der Waals surface area contributed by atoms with Crippen molar-refractivity contribution in [3.8, 4) is 5.69 Å². The summed E-state index contributed by atoms with van der Waals surface area (Å²) in [6.07, 6.45) is 4.52. The maximum Gasteiger partial charge on any atom is 0.274 e. The van der Waals surface area contributed by atoms with Crippen LogP contribution in [-0.2, 0) is 0 Å². The topological polar surface area (TPSA) is 93.3 Å². The molecule has 0 spiro atoms. The normalized spacial score (nSPS) is 14.4. The molecule has 0 atom stereocenters. The molecule has 2 heterocycles. The minimum atomic E-state index is -0.441. The Kier molecular flexibility index (Phi) is 7.32. The molecule has 2 aromatic rings. The minimum Gasteiger partial charge on any atom is -0.334 e. The molecule has 0 aliphatic carbocycles. The molecule has 1 aromatic carbocycles. The Labute approximate surface area is 164 Å². The summed E-state index contributed by atoms with van der Waals surface area (Å²) in [5, 5.41) is 18.5. The van der Waals surface area contributed by atoms with Crippen molar-refractivity contribution in [1.29, 1.82) is 0 Å². The van der Waals surface area contributed by atoms with E-state index in [1.807, 2.05) is 4.90 Å². The van der Waals surface area contributed by atoms with E-state index in [4.69, 9.17) is 0 Å². The van der Waals surface area contributed by atoms with E-state index in [9.17, 15) is 14.9 Å². The van der Waals surface area contributed by atoms with E-state index in [0.29, 0.717) is 17.9 Å². The highest BCUT2D eigenvalue weighted by Gasteiger charge is 2.27. The number of hydrogen-bond donors (Lipinski definition) is 1. The van der Waals surface area contributed by atoms with Gasteiger partial charge in [-0.2, -0.15) is 5.10 Å². The number of rotatable bonds is 6. The number of benzene rings is 1. The smallest absolute Gasteiger partial charge is 0.274 e. The summed E-state index contributed by atoms with van der Waals surface area (Å²) in [4.78, 5) is 25.2.